The van der Waals surface area contributed by atoms with Crippen LogP contribution in [0, 0.1) is 0 Å². The molecule has 2 nitrogen and oxygen atoms in total. The highest BCUT2D eigenvalue weighted by Crippen LogP contribution is 2.12. The second kappa shape index (κ2) is 5.21. The van der Waals surface area contributed by atoms with Crippen molar-refractivity contribution < 1.29 is 9.47 Å². The molecule has 1 atom stereocenters. The lowest BCUT2D eigenvalue weighted by molar-refractivity contribution is -0.100. The van der Waals surface area contributed by atoms with Crippen molar-refractivity contribution in [1.29, 1.82) is 0 Å². The van der Waals surface area contributed by atoms with Crippen molar-refractivity contribution in [3.63, 3.8) is 0 Å². The van der Waals surface area contributed by atoms with Crippen LogP contribution in [-0.4, -0.2) is 25.3 Å². The topological polar surface area (TPSA) is 18.5 Å². The third-order valence-corrected chi connectivity index (χ3v) is 2.23. The Kier molecular flexibility index (Phi) is 5.44. The Bertz CT molecular complexity index is 64.1. The SMILES string of the molecule is CC[C@H](Br)C(OC)OC. The van der Waals surface area contributed by atoms with Crippen molar-refractivity contribution >= 4 is 15.9 Å². The van der Waals surface area contributed by atoms with E-state index in [9.17, 15) is 0 Å². The Morgan fingerprint density at radius 1 is 1.33 bits per heavy atom. The van der Waals surface area contributed by atoms with E-state index in [0.717, 1.165) is 6.42 Å². The van der Waals surface area contributed by atoms with E-state index >= 15 is 0 Å². The number of halogens is 1. The van der Waals surface area contributed by atoms with Crippen molar-refractivity contribution in [2.75, 3.05) is 14.2 Å². The van der Waals surface area contributed by atoms with Crippen LogP contribution in [0.5, 0.6) is 0 Å². The second-order valence-corrected chi connectivity index (χ2v) is 2.94. The Labute approximate surface area is 64.7 Å². The Morgan fingerprint density at radius 2 is 1.78 bits per heavy atom. The van der Waals surface area contributed by atoms with Crippen LogP contribution < -0.4 is 0 Å². The number of rotatable bonds is 4. The molecule has 0 aliphatic carbocycles. The molecule has 0 spiro atoms. The summed E-state index contributed by atoms with van der Waals surface area (Å²) in [6.07, 6.45) is 0.891. The number of ether oxygens (including phenoxy) is 2. The summed E-state index contributed by atoms with van der Waals surface area (Å²) in [6.45, 7) is 2.07. The Balaban J connectivity index is 3.50. The van der Waals surface area contributed by atoms with Gasteiger partial charge in [0.1, 0.15) is 0 Å². The molecule has 9 heavy (non-hydrogen) atoms. The number of hydrogen-bond acceptors (Lipinski definition) is 2. The molecule has 0 rings (SSSR count). The van der Waals surface area contributed by atoms with Crippen LogP contribution in [0.3, 0.4) is 0 Å². The van der Waals surface area contributed by atoms with Crippen LogP contribution in [-0.2, 0) is 9.47 Å². The molecule has 0 amide bonds. The van der Waals surface area contributed by atoms with Crippen LogP contribution in [0.4, 0.5) is 0 Å². The van der Waals surface area contributed by atoms with Gasteiger partial charge in [0.05, 0.1) is 4.83 Å². The number of hydrogen-bond donors (Lipinski definition) is 0. The quantitative estimate of drug-likeness (QED) is 0.505. The van der Waals surface area contributed by atoms with E-state index in [1.54, 1.807) is 14.2 Å². The van der Waals surface area contributed by atoms with E-state index in [0.29, 0.717) is 4.83 Å². The molecule has 0 aliphatic heterocycles. The average Bonchev–Trinajstić information content (AvgIpc) is 1.90. The van der Waals surface area contributed by atoms with Gasteiger partial charge in [0.2, 0.25) is 0 Å². The fraction of sp³-hybridized carbons (Fsp3) is 1.00. The van der Waals surface area contributed by atoms with E-state index in [2.05, 4.69) is 22.9 Å². The van der Waals surface area contributed by atoms with Gasteiger partial charge in [-0.3, -0.25) is 0 Å². The molecule has 0 saturated carbocycles. The first-order chi connectivity index (χ1) is 4.26. The van der Waals surface area contributed by atoms with Gasteiger partial charge in [-0.25, -0.2) is 0 Å². The van der Waals surface area contributed by atoms with E-state index in [4.69, 9.17) is 9.47 Å². The predicted octanol–water partition coefficient (Wildman–Crippen LogP) is 1.78. The van der Waals surface area contributed by atoms with Crippen LogP contribution >= 0.6 is 15.9 Å². The maximum atomic E-state index is 4.98. The minimum Gasteiger partial charge on any atom is -0.355 e. The van der Waals surface area contributed by atoms with Gasteiger partial charge < -0.3 is 9.47 Å². The molecule has 56 valence electrons. The van der Waals surface area contributed by atoms with Gasteiger partial charge in [-0.05, 0) is 6.42 Å². The summed E-state index contributed by atoms with van der Waals surface area (Å²) >= 11 is 3.41. The molecule has 0 heterocycles. The number of methoxy groups -OCH3 is 2. The fourth-order valence-electron chi connectivity index (χ4n) is 0.584. The summed E-state index contributed by atoms with van der Waals surface area (Å²) in [5.41, 5.74) is 0. The Morgan fingerprint density at radius 3 is 1.89 bits per heavy atom. The zero-order chi connectivity index (χ0) is 7.28. The summed E-state index contributed by atoms with van der Waals surface area (Å²) in [5, 5.41) is 0. The van der Waals surface area contributed by atoms with Gasteiger partial charge in [0, 0.05) is 14.2 Å². The minimum atomic E-state index is -0.116. The lowest BCUT2D eigenvalue weighted by Crippen LogP contribution is -2.23. The lowest BCUT2D eigenvalue weighted by atomic mass is 10.3. The first kappa shape index (κ1) is 9.40. The van der Waals surface area contributed by atoms with E-state index in [-0.39, 0.29) is 6.29 Å². The van der Waals surface area contributed by atoms with Crippen molar-refractivity contribution in [1.82, 2.24) is 0 Å². The maximum Gasteiger partial charge on any atom is 0.169 e. The molecule has 0 aromatic heterocycles. The minimum absolute atomic E-state index is 0.116. The molecule has 0 aromatic carbocycles. The van der Waals surface area contributed by atoms with E-state index in [1.165, 1.54) is 0 Å². The zero-order valence-electron chi connectivity index (χ0n) is 6.06. The molecule has 0 saturated heterocycles. The van der Waals surface area contributed by atoms with Crippen LogP contribution in [0.25, 0.3) is 0 Å². The number of alkyl halides is 1. The summed E-state index contributed by atoms with van der Waals surface area (Å²) in [7, 11) is 3.27. The second-order valence-electron chi connectivity index (χ2n) is 1.76. The van der Waals surface area contributed by atoms with Gasteiger partial charge >= 0.3 is 0 Å². The van der Waals surface area contributed by atoms with Crippen molar-refractivity contribution in [2.24, 2.45) is 0 Å². The van der Waals surface area contributed by atoms with Crippen LogP contribution in [0.15, 0.2) is 0 Å². The van der Waals surface area contributed by atoms with Gasteiger partial charge in [0.25, 0.3) is 0 Å². The molecule has 3 heteroatoms. The largest absolute Gasteiger partial charge is 0.355 e. The van der Waals surface area contributed by atoms with Gasteiger partial charge in [-0.15, -0.1) is 0 Å². The fourth-order valence-corrected chi connectivity index (χ4v) is 1.02. The molecular weight excluding hydrogens is 184 g/mol. The summed E-state index contributed by atoms with van der Waals surface area (Å²) < 4.78 is 9.97. The molecule has 0 aliphatic rings. The summed E-state index contributed by atoms with van der Waals surface area (Å²) in [5.74, 6) is 0. The van der Waals surface area contributed by atoms with Crippen molar-refractivity contribution in [3.05, 3.63) is 0 Å². The molecule has 0 radical (unpaired) electrons. The molecule has 0 aromatic rings. The van der Waals surface area contributed by atoms with E-state index in [1.807, 2.05) is 0 Å². The van der Waals surface area contributed by atoms with Crippen LogP contribution in [0.1, 0.15) is 13.3 Å². The first-order valence-corrected chi connectivity index (χ1v) is 3.87. The Hall–Kier alpha value is 0.400. The maximum absolute atomic E-state index is 4.98. The van der Waals surface area contributed by atoms with Gasteiger partial charge in [-0.1, -0.05) is 22.9 Å². The van der Waals surface area contributed by atoms with Crippen molar-refractivity contribution in [2.45, 2.75) is 24.5 Å². The third-order valence-electron chi connectivity index (χ3n) is 1.15. The molecule has 0 fully saturated rings. The zero-order valence-corrected chi connectivity index (χ0v) is 7.64. The highest BCUT2D eigenvalue weighted by atomic mass is 79.9. The van der Waals surface area contributed by atoms with E-state index < -0.39 is 0 Å². The summed E-state index contributed by atoms with van der Waals surface area (Å²) in [4.78, 5) is 0.299. The van der Waals surface area contributed by atoms with Crippen LogP contribution in [0.2, 0.25) is 0 Å². The standard InChI is InChI=1S/C6H13BrO2/c1-4-5(7)6(8-2)9-3/h5-6H,4H2,1-3H3/t5-/m0/s1. The lowest BCUT2D eigenvalue weighted by Gasteiger charge is -2.17. The highest BCUT2D eigenvalue weighted by molar-refractivity contribution is 9.09. The molecule has 0 N–H and O–H groups in total. The summed E-state index contributed by atoms with van der Waals surface area (Å²) in [6, 6.07) is 0. The van der Waals surface area contributed by atoms with Gasteiger partial charge in [-0.2, -0.15) is 0 Å². The normalized spacial score (nSPS) is 14.3. The molecule has 0 unspecified atom stereocenters. The monoisotopic (exact) mass is 196 g/mol. The third kappa shape index (κ3) is 3.18. The predicted molar refractivity (Wildman–Crippen MR) is 40.8 cm³/mol. The van der Waals surface area contributed by atoms with Gasteiger partial charge in [0.15, 0.2) is 6.29 Å². The van der Waals surface area contributed by atoms with Crippen molar-refractivity contribution in [3.8, 4) is 0 Å². The average molecular weight is 197 g/mol. The molecule has 0 bridgehead atoms. The highest BCUT2D eigenvalue weighted by Gasteiger charge is 2.14. The first-order valence-electron chi connectivity index (χ1n) is 2.95. The molecular formula is C6H13BrO2. The smallest absolute Gasteiger partial charge is 0.169 e.